The molecule has 0 bridgehead atoms. The summed E-state index contributed by atoms with van der Waals surface area (Å²) in [7, 11) is 0. The van der Waals surface area contributed by atoms with Crippen molar-refractivity contribution in [1.29, 1.82) is 0 Å². The van der Waals surface area contributed by atoms with Gasteiger partial charge in [-0.2, -0.15) is 5.11 Å². The Bertz CT molecular complexity index is 748. The monoisotopic (exact) mass is 272 g/mol. The molecule has 3 rings (SSSR count). The second-order valence-corrected chi connectivity index (χ2v) is 4.19. The van der Waals surface area contributed by atoms with E-state index in [1.807, 2.05) is 60.7 Å². The molecule has 0 atom stereocenters. The number of rotatable bonds is 2. The van der Waals surface area contributed by atoms with Crippen LogP contribution >= 0.6 is 0 Å². The molecule has 94 valence electrons. The van der Waals surface area contributed by atoms with Crippen molar-refractivity contribution in [1.82, 2.24) is 0 Å². The SMILES string of the molecule is Oc1ccc2ccccc2c1N=Nc1ccccc1.[H-].[Na+]. The Kier molecular flexibility index (Phi) is 4.90. The third-order valence-corrected chi connectivity index (χ3v) is 2.90. The summed E-state index contributed by atoms with van der Waals surface area (Å²) in [6.07, 6.45) is 0. The van der Waals surface area contributed by atoms with Gasteiger partial charge < -0.3 is 6.53 Å². The van der Waals surface area contributed by atoms with Crippen molar-refractivity contribution >= 4 is 22.1 Å². The van der Waals surface area contributed by atoms with Crippen LogP contribution in [0.1, 0.15) is 1.43 Å². The molecule has 20 heavy (non-hydrogen) atoms. The summed E-state index contributed by atoms with van der Waals surface area (Å²) in [5.74, 6) is 0.137. The second kappa shape index (κ2) is 6.66. The minimum absolute atomic E-state index is 0. The normalized spacial score (nSPS) is 10.6. The van der Waals surface area contributed by atoms with E-state index in [0.29, 0.717) is 5.69 Å². The van der Waals surface area contributed by atoms with Crippen molar-refractivity contribution in [3.63, 3.8) is 0 Å². The van der Waals surface area contributed by atoms with Crippen LogP contribution in [0.4, 0.5) is 11.4 Å². The van der Waals surface area contributed by atoms with Gasteiger partial charge in [-0.3, -0.25) is 0 Å². The number of fused-ring (bicyclic) bond motifs is 1. The van der Waals surface area contributed by atoms with E-state index in [2.05, 4.69) is 10.2 Å². The largest absolute Gasteiger partial charge is 1.00 e. The summed E-state index contributed by atoms with van der Waals surface area (Å²) in [4.78, 5) is 0. The zero-order valence-corrected chi connectivity index (χ0v) is 13.2. The number of hydrogen-bond acceptors (Lipinski definition) is 3. The molecule has 3 aromatic carbocycles. The number of nitrogens with zero attached hydrogens (tertiary/aromatic N) is 2. The third kappa shape index (κ3) is 3.07. The predicted molar refractivity (Wildman–Crippen MR) is 77.3 cm³/mol. The average Bonchev–Trinajstić information content (AvgIpc) is 2.47. The van der Waals surface area contributed by atoms with Gasteiger partial charge in [0.25, 0.3) is 0 Å². The van der Waals surface area contributed by atoms with Crippen LogP contribution in [0.15, 0.2) is 77.0 Å². The van der Waals surface area contributed by atoms with Gasteiger partial charge in [0.15, 0.2) is 0 Å². The molecule has 0 unspecified atom stereocenters. The molecule has 0 fully saturated rings. The van der Waals surface area contributed by atoms with Crippen LogP contribution in [-0.2, 0) is 0 Å². The van der Waals surface area contributed by atoms with E-state index < -0.39 is 0 Å². The summed E-state index contributed by atoms with van der Waals surface area (Å²) in [6, 6.07) is 20.7. The number of phenols is 1. The van der Waals surface area contributed by atoms with E-state index >= 15 is 0 Å². The number of hydrogen-bond donors (Lipinski definition) is 1. The van der Waals surface area contributed by atoms with E-state index in [0.717, 1.165) is 16.5 Å². The van der Waals surface area contributed by atoms with Gasteiger partial charge >= 0.3 is 29.6 Å². The Hall–Kier alpha value is -1.68. The first-order valence-electron chi connectivity index (χ1n) is 6.02. The van der Waals surface area contributed by atoms with E-state index in [4.69, 9.17) is 0 Å². The molecule has 0 heterocycles. The first kappa shape index (κ1) is 14.7. The first-order valence-corrected chi connectivity index (χ1v) is 6.02. The Morgan fingerprint density at radius 3 is 2.25 bits per heavy atom. The fraction of sp³-hybridized carbons (Fsp3) is 0. The minimum atomic E-state index is 0. The maximum Gasteiger partial charge on any atom is 1.00 e. The van der Waals surface area contributed by atoms with Gasteiger partial charge in [-0.25, -0.2) is 0 Å². The van der Waals surface area contributed by atoms with Crippen molar-refractivity contribution in [2.24, 2.45) is 10.2 Å². The van der Waals surface area contributed by atoms with Gasteiger partial charge in [-0.15, -0.1) is 5.11 Å². The maximum absolute atomic E-state index is 9.93. The van der Waals surface area contributed by atoms with Gasteiger partial charge in [-0.05, 0) is 23.6 Å². The molecule has 0 aliphatic heterocycles. The fourth-order valence-corrected chi connectivity index (χ4v) is 1.95. The zero-order valence-electron chi connectivity index (χ0n) is 12.2. The third-order valence-electron chi connectivity index (χ3n) is 2.90. The van der Waals surface area contributed by atoms with Crippen LogP contribution in [0, 0.1) is 0 Å². The van der Waals surface area contributed by atoms with Crippen molar-refractivity contribution in [3.8, 4) is 5.75 Å². The Morgan fingerprint density at radius 1 is 0.750 bits per heavy atom. The molecule has 0 amide bonds. The number of azo groups is 1. The second-order valence-electron chi connectivity index (χ2n) is 4.19. The van der Waals surface area contributed by atoms with Crippen molar-refractivity contribution in [2.75, 3.05) is 0 Å². The van der Waals surface area contributed by atoms with Crippen LogP contribution in [0.2, 0.25) is 0 Å². The molecule has 0 saturated heterocycles. The molecule has 3 nitrogen and oxygen atoms in total. The van der Waals surface area contributed by atoms with Crippen LogP contribution in [0.5, 0.6) is 5.75 Å². The van der Waals surface area contributed by atoms with Crippen LogP contribution in [-0.4, -0.2) is 5.11 Å². The van der Waals surface area contributed by atoms with Gasteiger partial charge in [0.05, 0.1) is 5.69 Å². The van der Waals surface area contributed by atoms with Gasteiger partial charge in [0, 0.05) is 5.39 Å². The predicted octanol–water partition coefficient (Wildman–Crippen LogP) is 2.08. The fourth-order valence-electron chi connectivity index (χ4n) is 1.95. The van der Waals surface area contributed by atoms with E-state index in [1.165, 1.54) is 0 Å². The Balaban J connectivity index is 0.00000110. The smallest absolute Gasteiger partial charge is 1.00 e. The van der Waals surface area contributed by atoms with Gasteiger partial charge in [-0.1, -0.05) is 48.5 Å². The molecule has 4 heteroatoms. The standard InChI is InChI=1S/C16H12N2O.Na.H/c19-15-11-10-12-6-4-5-9-14(12)16(15)18-17-13-7-2-1-3-8-13;;/h1-11,19H;;/q;+1;-1. The molecule has 0 aliphatic carbocycles. The van der Waals surface area contributed by atoms with Crippen molar-refractivity contribution in [3.05, 3.63) is 66.7 Å². The van der Waals surface area contributed by atoms with Crippen LogP contribution in [0.25, 0.3) is 10.8 Å². The topological polar surface area (TPSA) is 45.0 Å². The van der Waals surface area contributed by atoms with Crippen LogP contribution < -0.4 is 29.6 Å². The van der Waals surface area contributed by atoms with Crippen LogP contribution in [0.3, 0.4) is 0 Å². The summed E-state index contributed by atoms with van der Waals surface area (Å²) in [5, 5.41) is 20.2. The number of benzene rings is 3. The number of phenolic OH excluding ortho intramolecular Hbond substituents is 1. The molecule has 0 radical (unpaired) electrons. The first-order chi connectivity index (χ1) is 9.34. The molecule has 0 aromatic heterocycles. The molecular weight excluding hydrogens is 259 g/mol. The molecular formula is C16H13N2NaO. The molecule has 0 spiro atoms. The van der Waals surface area contributed by atoms with E-state index in [1.54, 1.807) is 6.07 Å². The van der Waals surface area contributed by atoms with Gasteiger partial charge in [0.2, 0.25) is 0 Å². The molecule has 1 N–H and O–H groups in total. The minimum Gasteiger partial charge on any atom is -1.00 e. The van der Waals surface area contributed by atoms with Crippen molar-refractivity contribution in [2.45, 2.75) is 0 Å². The summed E-state index contributed by atoms with van der Waals surface area (Å²) >= 11 is 0. The maximum atomic E-state index is 9.93. The molecule has 3 aromatic rings. The number of aromatic hydroxyl groups is 1. The van der Waals surface area contributed by atoms with E-state index in [9.17, 15) is 5.11 Å². The average molecular weight is 272 g/mol. The quantitative estimate of drug-likeness (QED) is 0.563. The summed E-state index contributed by atoms with van der Waals surface area (Å²) in [6.45, 7) is 0. The van der Waals surface area contributed by atoms with Gasteiger partial charge in [0.1, 0.15) is 11.4 Å². The van der Waals surface area contributed by atoms with E-state index in [-0.39, 0.29) is 36.7 Å². The Morgan fingerprint density at radius 2 is 1.45 bits per heavy atom. The Labute approximate surface area is 140 Å². The molecule has 0 saturated carbocycles. The van der Waals surface area contributed by atoms with Crippen molar-refractivity contribution < 1.29 is 36.1 Å². The zero-order chi connectivity index (χ0) is 13.1. The summed E-state index contributed by atoms with van der Waals surface area (Å²) in [5.41, 5.74) is 1.26. The summed E-state index contributed by atoms with van der Waals surface area (Å²) < 4.78 is 0. The molecule has 0 aliphatic rings.